The molecule has 0 unspecified atom stereocenters. The first kappa shape index (κ1) is 24.6. The molecule has 1 aliphatic heterocycles. The van der Waals surface area contributed by atoms with Gasteiger partial charge in [0.1, 0.15) is 14.3 Å². The Labute approximate surface area is 216 Å². The highest BCUT2D eigenvalue weighted by atomic mass is 35.5. The predicted molar refractivity (Wildman–Crippen MR) is 142 cm³/mol. The van der Waals surface area contributed by atoms with Crippen LogP contribution in [0.2, 0.25) is 4.34 Å². The fourth-order valence-corrected chi connectivity index (χ4v) is 7.99. The lowest BCUT2D eigenvalue weighted by Crippen LogP contribution is -2.47. The van der Waals surface area contributed by atoms with Gasteiger partial charge >= 0.3 is 0 Å². The molecule has 2 N–H and O–H groups in total. The monoisotopic (exact) mass is 531 g/mol. The lowest BCUT2D eigenvalue weighted by molar-refractivity contribution is 0.148. The van der Waals surface area contributed by atoms with Crippen molar-refractivity contribution < 1.29 is 13.2 Å². The molecule has 6 nitrogen and oxygen atoms in total. The maximum absolute atomic E-state index is 12.9. The van der Waals surface area contributed by atoms with E-state index in [0.29, 0.717) is 22.2 Å². The van der Waals surface area contributed by atoms with E-state index in [1.807, 2.05) is 24.3 Å². The molecule has 3 aromatic rings. The van der Waals surface area contributed by atoms with Crippen LogP contribution in [0.4, 0.5) is 5.69 Å². The molecule has 2 bridgehead atoms. The molecule has 1 aromatic heterocycles. The Balaban J connectivity index is 1.21. The summed E-state index contributed by atoms with van der Waals surface area (Å²) >= 11 is 7.61. The predicted octanol–water partition coefficient (Wildman–Crippen LogP) is 5.21. The summed E-state index contributed by atoms with van der Waals surface area (Å²) in [5.41, 5.74) is 2.92. The Hall–Kier alpha value is -2.10. The molecule has 35 heavy (non-hydrogen) atoms. The molecular formula is C26H30ClN3O3S2. The molecule has 1 saturated carbocycles. The molecule has 2 fully saturated rings. The lowest BCUT2D eigenvalue weighted by Gasteiger charge is -2.38. The second kappa shape index (κ2) is 10.5. The lowest BCUT2D eigenvalue weighted by atomic mass is 9.91. The number of sulfonamides is 1. The average Bonchev–Trinajstić information content (AvgIpc) is 3.35. The summed E-state index contributed by atoms with van der Waals surface area (Å²) in [4.78, 5) is 2.55. The van der Waals surface area contributed by atoms with E-state index in [2.05, 4.69) is 45.3 Å². The van der Waals surface area contributed by atoms with Crippen molar-refractivity contribution >= 4 is 38.6 Å². The maximum Gasteiger partial charge on any atom is 0.250 e. The SMILES string of the molecule is COc1ccc(CNS(=O)(=O)c2cc(N[C@H]3[C@@H]4CC[C@H]3CN(Cc3ccccc3)C4)c(Cl)s2)cc1. The summed E-state index contributed by atoms with van der Waals surface area (Å²) in [5, 5.41) is 3.62. The van der Waals surface area contributed by atoms with Gasteiger partial charge in [-0.1, -0.05) is 54.1 Å². The number of anilines is 1. The van der Waals surface area contributed by atoms with E-state index in [1.54, 1.807) is 13.2 Å². The third kappa shape index (κ3) is 5.67. The molecule has 1 aliphatic carbocycles. The van der Waals surface area contributed by atoms with Gasteiger partial charge in [0.15, 0.2) is 0 Å². The van der Waals surface area contributed by atoms with Gasteiger partial charge in [-0.25, -0.2) is 13.1 Å². The van der Waals surface area contributed by atoms with Gasteiger partial charge < -0.3 is 10.1 Å². The second-order valence-electron chi connectivity index (χ2n) is 9.37. The Morgan fingerprint density at radius 1 is 1.03 bits per heavy atom. The van der Waals surface area contributed by atoms with Crippen molar-refractivity contribution in [3.63, 3.8) is 0 Å². The number of piperidine rings is 1. The smallest absolute Gasteiger partial charge is 0.250 e. The first-order chi connectivity index (χ1) is 16.9. The van der Waals surface area contributed by atoms with Gasteiger partial charge in [0.25, 0.3) is 0 Å². The first-order valence-electron chi connectivity index (χ1n) is 11.9. The van der Waals surface area contributed by atoms with E-state index >= 15 is 0 Å². The minimum absolute atomic E-state index is 0.203. The van der Waals surface area contributed by atoms with Crippen LogP contribution in [0.1, 0.15) is 24.0 Å². The highest BCUT2D eigenvalue weighted by Crippen LogP contribution is 2.42. The van der Waals surface area contributed by atoms with Crippen LogP contribution in [-0.2, 0) is 23.1 Å². The van der Waals surface area contributed by atoms with Crippen LogP contribution in [-0.4, -0.2) is 39.6 Å². The molecule has 3 atom stereocenters. The summed E-state index contributed by atoms with van der Waals surface area (Å²) in [6.07, 6.45) is 2.37. The number of rotatable bonds is 9. The molecule has 186 valence electrons. The van der Waals surface area contributed by atoms with Crippen molar-refractivity contribution in [1.82, 2.24) is 9.62 Å². The molecule has 2 aromatic carbocycles. The molecular weight excluding hydrogens is 502 g/mol. The second-order valence-corrected chi connectivity index (χ2v) is 13.0. The largest absolute Gasteiger partial charge is 0.497 e. The molecule has 9 heteroatoms. The zero-order valence-electron chi connectivity index (χ0n) is 19.6. The number of benzene rings is 2. The standard InChI is InChI=1S/C26H30ClN3O3S2/c1-33-22-11-7-18(8-12-22)14-28-35(31,32)24-13-23(26(27)34-24)29-25-20-9-10-21(25)17-30(16-20)15-19-5-3-2-4-6-19/h2-8,11-13,20-21,25,28-29H,9-10,14-17H2,1H3/t20-,21+,25+. The number of ether oxygens (including phenoxy) is 1. The number of nitrogens with one attached hydrogen (secondary N) is 2. The third-order valence-corrected chi connectivity index (χ3v) is 10.3. The minimum Gasteiger partial charge on any atom is -0.497 e. The molecule has 2 heterocycles. The topological polar surface area (TPSA) is 70.7 Å². The molecule has 5 rings (SSSR count). The first-order valence-corrected chi connectivity index (χ1v) is 14.5. The Bertz CT molecular complexity index is 1230. The number of hydrogen-bond donors (Lipinski definition) is 2. The zero-order valence-corrected chi connectivity index (χ0v) is 22.0. The van der Waals surface area contributed by atoms with E-state index in [-0.39, 0.29) is 10.8 Å². The molecule has 2 aliphatic rings. The molecule has 0 amide bonds. The van der Waals surface area contributed by atoms with E-state index in [1.165, 1.54) is 18.4 Å². The van der Waals surface area contributed by atoms with Crippen LogP contribution >= 0.6 is 22.9 Å². The molecule has 0 radical (unpaired) electrons. The van der Waals surface area contributed by atoms with Crippen molar-refractivity contribution in [3.05, 3.63) is 76.1 Å². The summed E-state index contributed by atoms with van der Waals surface area (Å²) in [7, 11) is -2.07. The van der Waals surface area contributed by atoms with Crippen molar-refractivity contribution in [2.75, 3.05) is 25.5 Å². The fraction of sp³-hybridized carbons (Fsp3) is 0.385. The number of thiophene rings is 1. The van der Waals surface area contributed by atoms with Crippen LogP contribution in [0.25, 0.3) is 0 Å². The van der Waals surface area contributed by atoms with Gasteiger partial charge in [-0.3, -0.25) is 4.90 Å². The molecule has 1 saturated heterocycles. The van der Waals surface area contributed by atoms with Crippen molar-refractivity contribution in [1.29, 1.82) is 0 Å². The van der Waals surface area contributed by atoms with Gasteiger partial charge in [0.05, 0.1) is 12.8 Å². The number of halogens is 1. The Kier molecular flexibility index (Phi) is 7.37. The van der Waals surface area contributed by atoms with E-state index in [4.69, 9.17) is 16.3 Å². The summed E-state index contributed by atoms with van der Waals surface area (Å²) in [6, 6.07) is 19.9. The van der Waals surface area contributed by atoms with Crippen LogP contribution < -0.4 is 14.8 Å². The Morgan fingerprint density at radius 2 is 1.71 bits per heavy atom. The maximum atomic E-state index is 12.9. The van der Waals surface area contributed by atoms with Crippen molar-refractivity contribution in [3.8, 4) is 5.75 Å². The van der Waals surface area contributed by atoms with Gasteiger partial charge in [0.2, 0.25) is 10.0 Å². The number of hydrogen-bond acceptors (Lipinski definition) is 6. The van der Waals surface area contributed by atoms with E-state index in [0.717, 1.165) is 48.0 Å². The van der Waals surface area contributed by atoms with Gasteiger partial charge in [-0.2, -0.15) is 0 Å². The third-order valence-electron chi connectivity index (χ3n) is 7.03. The minimum atomic E-state index is -3.67. The van der Waals surface area contributed by atoms with Gasteiger partial charge in [-0.15, -0.1) is 11.3 Å². The summed E-state index contributed by atoms with van der Waals surface area (Å²) < 4.78 is 34.4. The Morgan fingerprint density at radius 3 is 2.37 bits per heavy atom. The summed E-state index contributed by atoms with van der Waals surface area (Å²) in [5.74, 6) is 1.79. The number of likely N-dealkylation sites (tertiary alicyclic amines) is 1. The van der Waals surface area contributed by atoms with Crippen LogP contribution in [0.3, 0.4) is 0 Å². The number of methoxy groups -OCH3 is 1. The number of nitrogens with zero attached hydrogens (tertiary/aromatic N) is 1. The van der Waals surface area contributed by atoms with Crippen LogP contribution in [0, 0.1) is 11.8 Å². The van der Waals surface area contributed by atoms with E-state index in [9.17, 15) is 8.42 Å². The summed E-state index contributed by atoms with van der Waals surface area (Å²) in [6.45, 7) is 3.26. The quantitative estimate of drug-likeness (QED) is 0.396. The van der Waals surface area contributed by atoms with Gasteiger partial charge in [-0.05, 0) is 54.0 Å². The zero-order chi connectivity index (χ0) is 24.4. The highest BCUT2D eigenvalue weighted by molar-refractivity contribution is 7.91. The van der Waals surface area contributed by atoms with Crippen LogP contribution in [0.5, 0.6) is 5.75 Å². The number of fused-ring (bicyclic) bond motifs is 2. The van der Waals surface area contributed by atoms with E-state index < -0.39 is 10.0 Å². The van der Waals surface area contributed by atoms with Gasteiger partial charge in [0, 0.05) is 32.2 Å². The molecule has 0 spiro atoms. The fourth-order valence-electron chi connectivity index (χ4n) is 5.28. The van der Waals surface area contributed by atoms with Crippen LogP contribution in [0.15, 0.2) is 64.9 Å². The normalized spacial score (nSPS) is 22.3. The average molecular weight is 532 g/mol. The van der Waals surface area contributed by atoms with Crippen molar-refractivity contribution in [2.45, 2.75) is 36.2 Å². The van der Waals surface area contributed by atoms with Crippen molar-refractivity contribution in [2.24, 2.45) is 11.8 Å². The highest BCUT2D eigenvalue weighted by Gasteiger charge is 2.42.